The molecule has 3 N–H and O–H groups in total. The highest BCUT2D eigenvalue weighted by Crippen LogP contribution is 2.23. The molecule has 2 rings (SSSR count). The number of nitrogens with two attached hydrogens (primary N) is 1. The summed E-state index contributed by atoms with van der Waals surface area (Å²) >= 11 is 0. The maximum Gasteiger partial charge on any atom is 0.126 e. The highest BCUT2D eigenvalue weighted by molar-refractivity contribution is 5.34. The van der Waals surface area contributed by atoms with Crippen molar-refractivity contribution in [2.24, 2.45) is 5.84 Å². The highest BCUT2D eigenvalue weighted by Gasteiger charge is 2.14. The number of rotatable bonds is 4. The molecule has 2 aromatic carbocycles. The van der Waals surface area contributed by atoms with Crippen LogP contribution < -0.4 is 11.3 Å². The van der Waals surface area contributed by atoms with Gasteiger partial charge in [-0.05, 0) is 49.1 Å². The van der Waals surface area contributed by atoms with E-state index in [2.05, 4.69) is 5.43 Å². The Morgan fingerprint density at radius 3 is 2.30 bits per heavy atom. The van der Waals surface area contributed by atoms with Gasteiger partial charge in [0.05, 0.1) is 6.04 Å². The molecule has 20 heavy (non-hydrogen) atoms. The van der Waals surface area contributed by atoms with Crippen molar-refractivity contribution in [2.45, 2.75) is 26.3 Å². The standard InChI is InChI=1S/C16H18F2N2/c1-10-3-4-11(2)15(5-10)16(20-19)8-12-6-13(17)9-14(18)7-12/h3-7,9,16,20H,8,19H2,1-2H3. The van der Waals surface area contributed by atoms with E-state index in [0.29, 0.717) is 12.0 Å². The fourth-order valence-electron chi connectivity index (χ4n) is 2.36. The van der Waals surface area contributed by atoms with Crippen LogP contribution in [0.1, 0.15) is 28.3 Å². The number of benzene rings is 2. The Hall–Kier alpha value is -1.78. The molecular weight excluding hydrogens is 258 g/mol. The van der Waals surface area contributed by atoms with Gasteiger partial charge >= 0.3 is 0 Å². The number of hydrogen-bond donors (Lipinski definition) is 2. The molecule has 106 valence electrons. The van der Waals surface area contributed by atoms with E-state index >= 15 is 0 Å². The molecule has 0 bridgehead atoms. The lowest BCUT2D eigenvalue weighted by Crippen LogP contribution is -2.30. The average Bonchev–Trinajstić information content (AvgIpc) is 2.38. The Labute approximate surface area is 117 Å². The molecule has 2 aromatic rings. The van der Waals surface area contributed by atoms with Gasteiger partial charge in [-0.15, -0.1) is 0 Å². The molecule has 1 atom stereocenters. The molecule has 0 aliphatic rings. The van der Waals surface area contributed by atoms with Crippen LogP contribution in [0, 0.1) is 25.5 Å². The van der Waals surface area contributed by atoms with Crippen LogP contribution in [0.25, 0.3) is 0 Å². The molecule has 0 spiro atoms. The molecule has 2 nitrogen and oxygen atoms in total. The number of nitrogens with one attached hydrogen (secondary N) is 1. The van der Waals surface area contributed by atoms with Crippen LogP contribution in [0.4, 0.5) is 8.78 Å². The van der Waals surface area contributed by atoms with Crippen molar-refractivity contribution < 1.29 is 8.78 Å². The Morgan fingerprint density at radius 1 is 1.05 bits per heavy atom. The third-order valence-corrected chi connectivity index (χ3v) is 3.37. The van der Waals surface area contributed by atoms with Gasteiger partial charge in [0.25, 0.3) is 0 Å². The molecule has 1 unspecified atom stereocenters. The van der Waals surface area contributed by atoms with Crippen molar-refractivity contribution in [1.82, 2.24) is 5.43 Å². The zero-order chi connectivity index (χ0) is 14.7. The molecule has 0 saturated carbocycles. The second-order valence-electron chi connectivity index (χ2n) is 5.06. The number of hydrazine groups is 1. The van der Waals surface area contributed by atoms with Gasteiger partial charge in [-0.25, -0.2) is 8.78 Å². The second kappa shape index (κ2) is 6.11. The number of hydrogen-bond acceptors (Lipinski definition) is 2. The summed E-state index contributed by atoms with van der Waals surface area (Å²) in [6.07, 6.45) is 0.426. The monoisotopic (exact) mass is 276 g/mol. The minimum absolute atomic E-state index is 0.184. The van der Waals surface area contributed by atoms with Gasteiger partial charge in [0.1, 0.15) is 11.6 Å². The third kappa shape index (κ3) is 3.40. The van der Waals surface area contributed by atoms with E-state index in [-0.39, 0.29) is 6.04 Å². The molecular formula is C16H18F2N2. The molecule has 0 aromatic heterocycles. The summed E-state index contributed by atoms with van der Waals surface area (Å²) in [6, 6.07) is 9.42. The first-order valence-corrected chi connectivity index (χ1v) is 6.48. The topological polar surface area (TPSA) is 38.0 Å². The summed E-state index contributed by atoms with van der Waals surface area (Å²) in [5, 5.41) is 0. The molecule has 0 heterocycles. The summed E-state index contributed by atoms with van der Waals surface area (Å²) in [4.78, 5) is 0. The lowest BCUT2D eigenvalue weighted by atomic mass is 9.94. The number of halogens is 2. The Morgan fingerprint density at radius 2 is 1.70 bits per heavy atom. The van der Waals surface area contributed by atoms with Gasteiger partial charge in [0.15, 0.2) is 0 Å². The van der Waals surface area contributed by atoms with Gasteiger partial charge in [0.2, 0.25) is 0 Å². The Kier molecular flexibility index (Phi) is 4.47. The lowest BCUT2D eigenvalue weighted by molar-refractivity contribution is 0.538. The van der Waals surface area contributed by atoms with Gasteiger partial charge in [0, 0.05) is 6.07 Å². The van der Waals surface area contributed by atoms with Crippen molar-refractivity contribution in [3.8, 4) is 0 Å². The summed E-state index contributed by atoms with van der Waals surface area (Å²) in [6.45, 7) is 3.99. The van der Waals surface area contributed by atoms with E-state index in [0.717, 1.165) is 22.8 Å². The van der Waals surface area contributed by atoms with Crippen molar-refractivity contribution in [1.29, 1.82) is 0 Å². The van der Waals surface area contributed by atoms with Crippen molar-refractivity contribution in [2.75, 3.05) is 0 Å². The molecule has 0 aliphatic heterocycles. The average molecular weight is 276 g/mol. The zero-order valence-electron chi connectivity index (χ0n) is 11.6. The Bertz CT molecular complexity index is 591. The quantitative estimate of drug-likeness (QED) is 0.664. The van der Waals surface area contributed by atoms with Gasteiger partial charge in [-0.1, -0.05) is 23.8 Å². The predicted octanol–water partition coefficient (Wildman–Crippen LogP) is 3.33. The van der Waals surface area contributed by atoms with E-state index in [1.165, 1.54) is 12.1 Å². The van der Waals surface area contributed by atoms with Crippen LogP contribution >= 0.6 is 0 Å². The number of aryl methyl sites for hydroxylation is 2. The first kappa shape index (κ1) is 14.6. The van der Waals surface area contributed by atoms with Crippen molar-refractivity contribution in [3.05, 3.63) is 70.3 Å². The van der Waals surface area contributed by atoms with Crippen LogP contribution in [0.15, 0.2) is 36.4 Å². The van der Waals surface area contributed by atoms with Crippen LogP contribution in [-0.2, 0) is 6.42 Å². The van der Waals surface area contributed by atoms with Gasteiger partial charge < -0.3 is 0 Å². The van der Waals surface area contributed by atoms with Crippen molar-refractivity contribution >= 4 is 0 Å². The molecule has 0 saturated heterocycles. The van der Waals surface area contributed by atoms with Crippen LogP contribution in [0.3, 0.4) is 0 Å². The van der Waals surface area contributed by atoms with E-state index in [1.54, 1.807) is 0 Å². The minimum atomic E-state index is -0.572. The van der Waals surface area contributed by atoms with Gasteiger partial charge in [-0.3, -0.25) is 11.3 Å². The lowest BCUT2D eigenvalue weighted by Gasteiger charge is -2.19. The normalized spacial score (nSPS) is 12.4. The van der Waals surface area contributed by atoms with E-state index in [1.807, 2.05) is 32.0 Å². The molecule has 0 aliphatic carbocycles. The minimum Gasteiger partial charge on any atom is -0.271 e. The summed E-state index contributed by atoms with van der Waals surface area (Å²) < 4.78 is 26.5. The highest BCUT2D eigenvalue weighted by atomic mass is 19.1. The van der Waals surface area contributed by atoms with E-state index in [4.69, 9.17) is 5.84 Å². The predicted molar refractivity (Wildman–Crippen MR) is 76.0 cm³/mol. The van der Waals surface area contributed by atoms with Gasteiger partial charge in [-0.2, -0.15) is 0 Å². The first-order chi connectivity index (χ1) is 9.49. The first-order valence-electron chi connectivity index (χ1n) is 6.48. The fraction of sp³-hybridized carbons (Fsp3) is 0.250. The van der Waals surface area contributed by atoms with Crippen molar-refractivity contribution in [3.63, 3.8) is 0 Å². The smallest absolute Gasteiger partial charge is 0.126 e. The molecule has 0 fully saturated rings. The Balaban J connectivity index is 2.31. The zero-order valence-corrected chi connectivity index (χ0v) is 11.6. The molecule has 0 amide bonds. The summed E-state index contributed by atoms with van der Waals surface area (Å²) in [5.41, 5.74) is 6.56. The van der Waals surface area contributed by atoms with Crippen LogP contribution in [0.5, 0.6) is 0 Å². The third-order valence-electron chi connectivity index (χ3n) is 3.37. The molecule has 0 radical (unpaired) electrons. The summed E-state index contributed by atoms with van der Waals surface area (Å²) in [5.74, 6) is 4.47. The maximum atomic E-state index is 13.2. The van der Waals surface area contributed by atoms with E-state index < -0.39 is 11.6 Å². The van der Waals surface area contributed by atoms with E-state index in [9.17, 15) is 8.78 Å². The summed E-state index contributed by atoms with van der Waals surface area (Å²) in [7, 11) is 0. The second-order valence-corrected chi connectivity index (χ2v) is 5.06. The SMILES string of the molecule is Cc1ccc(C)c(C(Cc2cc(F)cc(F)c2)NN)c1. The fourth-order valence-corrected chi connectivity index (χ4v) is 2.36. The molecule has 4 heteroatoms. The van der Waals surface area contributed by atoms with Crippen LogP contribution in [-0.4, -0.2) is 0 Å². The van der Waals surface area contributed by atoms with Crippen LogP contribution in [0.2, 0.25) is 0 Å². The largest absolute Gasteiger partial charge is 0.271 e. The maximum absolute atomic E-state index is 13.2.